The second kappa shape index (κ2) is 7.85. The summed E-state index contributed by atoms with van der Waals surface area (Å²) in [5, 5.41) is 0.758. The Hall–Kier alpha value is -1.25. The number of aromatic nitrogens is 2. The van der Waals surface area contributed by atoms with E-state index in [0.717, 1.165) is 16.2 Å². The maximum Gasteiger partial charge on any atom is 0.411 e. The van der Waals surface area contributed by atoms with E-state index in [0.29, 0.717) is 18.9 Å². The molecule has 1 heterocycles. The number of ether oxygens (including phenoxy) is 2. The number of halogens is 3. The van der Waals surface area contributed by atoms with Crippen molar-refractivity contribution < 1.29 is 22.6 Å². The van der Waals surface area contributed by atoms with Gasteiger partial charge in [0.05, 0.1) is 24.2 Å². The molecule has 0 fully saturated rings. The quantitative estimate of drug-likeness (QED) is 0.548. The number of fused-ring (bicyclic) bond motifs is 1. The van der Waals surface area contributed by atoms with Crippen LogP contribution in [0.15, 0.2) is 29.4 Å². The summed E-state index contributed by atoms with van der Waals surface area (Å²) < 4.78 is 47.7. The molecule has 8 heteroatoms. The van der Waals surface area contributed by atoms with Gasteiger partial charge in [-0.3, -0.25) is 0 Å². The van der Waals surface area contributed by atoms with Crippen LogP contribution in [0.2, 0.25) is 0 Å². The Balaban J connectivity index is 1.97. The molecule has 0 aliphatic heterocycles. The van der Waals surface area contributed by atoms with E-state index in [9.17, 15) is 13.2 Å². The van der Waals surface area contributed by atoms with E-state index in [-0.39, 0.29) is 6.61 Å². The first-order valence-corrected chi connectivity index (χ1v) is 7.71. The van der Waals surface area contributed by atoms with Crippen LogP contribution in [0.5, 0.6) is 0 Å². The zero-order valence-electron chi connectivity index (χ0n) is 12.1. The molecule has 0 bridgehead atoms. The summed E-state index contributed by atoms with van der Waals surface area (Å²) in [5.74, 6) is 0.409. The lowest BCUT2D eigenvalue weighted by molar-refractivity contribution is -0.172. The van der Waals surface area contributed by atoms with Crippen molar-refractivity contribution in [2.45, 2.75) is 17.9 Å². The van der Waals surface area contributed by atoms with Gasteiger partial charge in [-0.2, -0.15) is 13.2 Å². The number of hydrogen-bond donors (Lipinski definition) is 0. The number of hydrogen-bond acceptors (Lipinski definition) is 4. The highest BCUT2D eigenvalue weighted by Gasteiger charge is 2.27. The lowest BCUT2D eigenvalue weighted by atomic mass is 10.3. The SMILES string of the molecule is COCCn1c(SCCOCC(F)(F)F)nc2ccccc21. The third kappa shape index (κ3) is 4.89. The second-order valence-corrected chi connectivity index (χ2v) is 5.61. The number of benzene rings is 1. The van der Waals surface area contributed by atoms with Crippen LogP contribution in [0.3, 0.4) is 0 Å². The molecule has 0 spiro atoms. The van der Waals surface area contributed by atoms with E-state index in [1.807, 2.05) is 28.8 Å². The highest BCUT2D eigenvalue weighted by atomic mass is 32.2. The Morgan fingerprint density at radius 3 is 2.73 bits per heavy atom. The molecule has 0 saturated carbocycles. The molecule has 0 atom stereocenters. The van der Waals surface area contributed by atoms with E-state index >= 15 is 0 Å². The largest absolute Gasteiger partial charge is 0.411 e. The fourth-order valence-electron chi connectivity index (χ4n) is 1.94. The highest BCUT2D eigenvalue weighted by molar-refractivity contribution is 7.99. The molecule has 0 amide bonds. The molecule has 1 aromatic heterocycles. The van der Waals surface area contributed by atoms with Gasteiger partial charge in [-0.05, 0) is 12.1 Å². The summed E-state index contributed by atoms with van der Waals surface area (Å²) in [4.78, 5) is 4.50. The summed E-state index contributed by atoms with van der Waals surface area (Å²) in [7, 11) is 1.62. The fraction of sp³-hybridized carbons (Fsp3) is 0.500. The van der Waals surface area contributed by atoms with Gasteiger partial charge in [-0.15, -0.1) is 0 Å². The fourth-order valence-corrected chi connectivity index (χ4v) is 2.83. The van der Waals surface area contributed by atoms with E-state index < -0.39 is 12.8 Å². The van der Waals surface area contributed by atoms with Crippen molar-refractivity contribution in [2.75, 3.05) is 32.7 Å². The number of rotatable bonds is 8. The molecular formula is C14H17F3N2O2S. The van der Waals surface area contributed by atoms with Crippen molar-refractivity contribution in [3.63, 3.8) is 0 Å². The number of para-hydroxylation sites is 2. The molecule has 122 valence electrons. The molecule has 0 N–H and O–H groups in total. The normalized spacial score (nSPS) is 12.2. The van der Waals surface area contributed by atoms with Crippen LogP contribution in [-0.2, 0) is 16.0 Å². The molecule has 4 nitrogen and oxygen atoms in total. The van der Waals surface area contributed by atoms with Gasteiger partial charge in [0.25, 0.3) is 0 Å². The number of imidazole rings is 1. The summed E-state index contributed by atoms with van der Waals surface area (Å²) in [6.07, 6.45) is -4.28. The predicted octanol–water partition coefficient (Wildman–Crippen LogP) is 3.35. The third-order valence-corrected chi connectivity index (χ3v) is 3.80. The number of nitrogens with zero attached hydrogens (tertiary/aromatic N) is 2. The molecule has 1 aromatic carbocycles. The van der Waals surface area contributed by atoms with Gasteiger partial charge in [-0.25, -0.2) is 4.98 Å². The minimum Gasteiger partial charge on any atom is -0.383 e. The van der Waals surface area contributed by atoms with Gasteiger partial charge in [-0.1, -0.05) is 23.9 Å². The molecule has 0 saturated heterocycles. The number of thioether (sulfide) groups is 1. The molecule has 0 radical (unpaired) electrons. The molecule has 2 aromatic rings. The molecular weight excluding hydrogens is 317 g/mol. The van der Waals surface area contributed by atoms with E-state index in [1.54, 1.807) is 7.11 Å². The average molecular weight is 334 g/mol. The van der Waals surface area contributed by atoms with Gasteiger partial charge >= 0.3 is 6.18 Å². The Bertz CT molecular complexity index is 601. The average Bonchev–Trinajstić information content (AvgIpc) is 2.81. The first kappa shape index (κ1) is 17.1. The smallest absolute Gasteiger partial charge is 0.383 e. The summed E-state index contributed by atoms with van der Waals surface area (Å²) in [6.45, 7) is -0.00739. The predicted molar refractivity (Wildman–Crippen MR) is 79.2 cm³/mol. The molecule has 2 rings (SSSR count). The minimum atomic E-state index is -4.28. The van der Waals surface area contributed by atoms with Gasteiger partial charge < -0.3 is 14.0 Å². The maximum absolute atomic E-state index is 12.0. The highest BCUT2D eigenvalue weighted by Crippen LogP contribution is 2.24. The van der Waals surface area contributed by atoms with E-state index in [4.69, 9.17) is 4.74 Å². The number of alkyl halides is 3. The van der Waals surface area contributed by atoms with Gasteiger partial charge in [0.15, 0.2) is 5.16 Å². The number of methoxy groups -OCH3 is 1. The van der Waals surface area contributed by atoms with Crippen molar-refractivity contribution >= 4 is 22.8 Å². The minimum absolute atomic E-state index is 0.0255. The lowest BCUT2D eigenvalue weighted by Gasteiger charge is -2.09. The van der Waals surface area contributed by atoms with Crippen LogP contribution >= 0.6 is 11.8 Å². The van der Waals surface area contributed by atoms with Crippen LogP contribution in [0, 0.1) is 0 Å². The zero-order chi connectivity index (χ0) is 16.0. The first-order chi connectivity index (χ1) is 10.5. The van der Waals surface area contributed by atoms with Crippen molar-refractivity contribution in [3.8, 4) is 0 Å². The zero-order valence-corrected chi connectivity index (χ0v) is 12.9. The van der Waals surface area contributed by atoms with Crippen LogP contribution in [-0.4, -0.2) is 48.4 Å². The van der Waals surface area contributed by atoms with Gasteiger partial charge in [0.1, 0.15) is 6.61 Å². The monoisotopic (exact) mass is 334 g/mol. The summed E-state index contributed by atoms with van der Waals surface area (Å²) in [5.41, 5.74) is 1.84. The topological polar surface area (TPSA) is 36.3 Å². The van der Waals surface area contributed by atoms with Crippen LogP contribution < -0.4 is 0 Å². The van der Waals surface area contributed by atoms with Crippen molar-refractivity contribution in [1.29, 1.82) is 0 Å². The van der Waals surface area contributed by atoms with E-state index in [2.05, 4.69) is 9.72 Å². The van der Waals surface area contributed by atoms with Gasteiger partial charge in [0, 0.05) is 19.4 Å². The third-order valence-electron chi connectivity index (χ3n) is 2.86. The maximum atomic E-state index is 12.0. The molecule has 22 heavy (non-hydrogen) atoms. The molecule has 0 aliphatic rings. The summed E-state index contributed by atoms with van der Waals surface area (Å²) in [6, 6.07) is 7.69. The standard InChI is InChI=1S/C14H17F3N2O2S/c1-20-7-6-19-12-5-3-2-4-11(12)18-13(19)22-9-8-21-10-14(15,16)17/h2-5H,6-10H2,1H3. The van der Waals surface area contributed by atoms with Crippen LogP contribution in [0.1, 0.15) is 0 Å². The Morgan fingerprint density at radius 1 is 1.23 bits per heavy atom. The van der Waals surface area contributed by atoms with Crippen LogP contribution in [0.4, 0.5) is 13.2 Å². The van der Waals surface area contributed by atoms with Crippen LogP contribution in [0.25, 0.3) is 11.0 Å². The Labute approximate surface area is 130 Å². The lowest BCUT2D eigenvalue weighted by Crippen LogP contribution is -2.18. The molecule has 0 unspecified atom stereocenters. The van der Waals surface area contributed by atoms with Crippen molar-refractivity contribution in [2.24, 2.45) is 0 Å². The second-order valence-electron chi connectivity index (χ2n) is 4.54. The van der Waals surface area contributed by atoms with Crippen molar-refractivity contribution in [1.82, 2.24) is 9.55 Å². The Morgan fingerprint density at radius 2 is 2.00 bits per heavy atom. The van der Waals surface area contributed by atoms with Gasteiger partial charge in [0.2, 0.25) is 0 Å². The first-order valence-electron chi connectivity index (χ1n) is 6.73. The van der Waals surface area contributed by atoms with Crippen molar-refractivity contribution in [3.05, 3.63) is 24.3 Å². The van der Waals surface area contributed by atoms with E-state index in [1.165, 1.54) is 11.8 Å². The Kier molecular flexibility index (Phi) is 6.10. The molecule has 0 aliphatic carbocycles. The summed E-state index contributed by atoms with van der Waals surface area (Å²) >= 11 is 1.38.